The molecule has 3 heteroatoms. The van der Waals surface area contributed by atoms with Gasteiger partial charge in [0.05, 0.1) is 6.61 Å². The van der Waals surface area contributed by atoms with Crippen LogP contribution >= 0.6 is 0 Å². The summed E-state index contributed by atoms with van der Waals surface area (Å²) in [5, 5.41) is 12.8. The van der Waals surface area contributed by atoms with Gasteiger partial charge in [0, 0.05) is 18.6 Å². The van der Waals surface area contributed by atoms with Crippen molar-refractivity contribution < 1.29 is 5.11 Å². The highest BCUT2D eigenvalue weighted by Crippen LogP contribution is 2.18. The predicted octanol–water partition coefficient (Wildman–Crippen LogP) is 0.585. The summed E-state index contributed by atoms with van der Waals surface area (Å²) in [6.07, 6.45) is 6.42. The van der Waals surface area contributed by atoms with Crippen LogP contribution in [0.3, 0.4) is 0 Å². The molecule has 82 valence electrons. The molecule has 0 spiro atoms. The van der Waals surface area contributed by atoms with E-state index in [1.165, 1.54) is 45.2 Å². The Balaban J connectivity index is 1.81. The number of aliphatic hydroxyl groups excluding tert-OH is 1. The van der Waals surface area contributed by atoms with Gasteiger partial charge in [0.15, 0.2) is 0 Å². The van der Waals surface area contributed by atoms with Crippen molar-refractivity contribution in [2.24, 2.45) is 0 Å². The molecule has 0 bridgehead atoms. The quantitative estimate of drug-likeness (QED) is 0.696. The minimum atomic E-state index is 0.340. The van der Waals surface area contributed by atoms with Crippen LogP contribution < -0.4 is 5.32 Å². The number of hydrogen-bond donors (Lipinski definition) is 2. The molecule has 0 saturated carbocycles. The molecule has 0 aliphatic carbocycles. The number of hydrogen-bond acceptors (Lipinski definition) is 3. The van der Waals surface area contributed by atoms with Gasteiger partial charge in [0.1, 0.15) is 0 Å². The van der Waals surface area contributed by atoms with E-state index in [0.717, 1.165) is 6.54 Å². The van der Waals surface area contributed by atoms with Gasteiger partial charge in [0.25, 0.3) is 0 Å². The average molecular weight is 198 g/mol. The molecule has 0 aromatic carbocycles. The van der Waals surface area contributed by atoms with Crippen LogP contribution in [0.25, 0.3) is 0 Å². The van der Waals surface area contributed by atoms with Crippen molar-refractivity contribution in [2.75, 3.05) is 26.2 Å². The predicted molar refractivity (Wildman–Crippen MR) is 57.3 cm³/mol. The normalized spacial score (nSPS) is 34.9. The summed E-state index contributed by atoms with van der Waals surface area (Å²) in [7, 11) is 0. The molecule has 2 rings (SSSR count). The molecule has 2 N–H and O–H groups in total. The van der Waals surface area contributed by atoms with Gasteiger partial charge in [-0.25, -0.2) is 0 Å². The largest absolute Gasteiger partial charge is 0.395 e. The van der Waals surface area contributed by atoms with E-state index in [1.807, 2.05) is 0 Å². The van der Waals surface area contributed by atoms with Gasteiger partial charge < -0.3 is 10.4 Å². The minimum Gasteiger partial charge on any atom is -0.395 e. The number of aliphatic hydroxyl groups is 1. The van der Waals surface area contributed by atoms with Crippen LogP contribution in [0.4, 0.5) is 0 Å². The fourth-order valence-electron chi connectivity index (χ4n) is 2.70. The SMILES string of the molecule is OCC1CCCCN1CC1CCCN1. The summed E-state index contributed by atoms with van der Waals surface area (Å²) in [5.74, 6) is 0. The summed E-state index contributed by atoms with van der Waals surface area (Å²) in [6.45, 7) is 3.85. The van der Waals surface area contributed by atoms with Crippen LogP contribution in [-0.2, 0) is 0 Å². The summed E-state index contributed by atoms with van der Waals surface area (Å²) in [6, 6.07) is 1.12. The van der Waals surface area contributed by atoms with Crippen LogP contribution in [0.5, 0.6) is 0 Å². The first-order chi connectivity index (χ1) is 6.90. The van der Waals surface area contributed by atoms with Gasteiger partial charge in [-0.1, -0.05) is 6.42 Å². The second-order valence-electron chi connectivity index (χ2n) is 4.62. The fraction of sp³-hybridized carbons (Fsp3) is 1.00. The Bertz CT molecular complexity index is 169. The Morgan fingerprint density at radius 2 is 2.14 bits per heavy atom. The second-order valence-corrected chi connectivity index (χ2v) is 4.62. The molecule has 2 aliphatic heterocycles. The standard InChI is InChI=1S/C11H22N2O/c14-9-11-5-1-2-7-13(11)8-10-4-3-6-12-10/h10-12,14H,1-9H2. The van der Waals surface area contributed by atoms with Crippen molar-refractivity contribution in [3.05, 3.63) is 0 Å². The highest BCUT2D eigenvalue weighted by molar-refractivity contribution is 4.83. The average Bonchev–Trinajstić information content (AvgIpc) is 2.71. The third kappa shape index (κ3) is 2.47. The Labute approximate surface area is 86.5 Å². The molecule has 2 atom stereocenters. The fourth-order valence-corrected chi connectivity index (χ4v) is 2.70. The Morgan fingerprint density at radius 3 is 2.86 bits per heavy atom. The Morgan fingerprint density at radius 1 is 1.21 bits per heavy atom. The van der Waals surface area contributed by atoms with E-state index < -0.39 is 0 Å². The lowest BCUT2D eigenvalue weighted by atomic mass is 10.0. The third-order valence-electron chi connectivity index (χ3n) is 3.58. The van der Waals surface area contributed by atoms with Crippen molar-refractivity contribution >= 4 is 0 Å². The lowest BCUT2D eigenvalue weighted by Crippen LogP contribution is -2.47. The summed E-state index contributed by atoms with van der Waals surface area (Å²) in [5.41, 5.74) is 0. The number of likely N-dealkylation sites (tertiary alicyclic amines) is 1. The number of nitrogens with one attached hydrogen (secondary N) is 1. The summed E-state index contributed by atoms with van der Waals surface area (Å²) >= 11 is 0. The number of nitrogens with zero attached hydrogens (tertiary/aromatic N) is 1. The summed E-state index contributed by atoms with van der Waals surface area (Å²) in [4.78, 5) is 2.48. The van der Waals surface area contributed by atoms with Gasteiger partial charge in [-0.15, -0.1) is 0 Å². The molecule has 0 radical (unpaired) electrons. The molecule has 2 aliphatic rings. The van der Waals surface area contributed by atoms with Gasteiger partial charge >= 0.3 is 0 Å². The third-order valence-corrected chi connectivity index (χ3v) is 3.58. The smallest absolute Gasteiger partial charge is 0.0586 e. The van der Waals surface area contributed by atoms with Crippen molar-refractivity contribution in [3.8, 4) is 0 Å². The van der Waals surface area contributed by atoms with Crippen LogP contribution in [-0.4, -0.2) is 48.3 Å². The Kier molecular flexibility index (Phi) is 3.79. The Hall–Kier alpha value is -0.120. The molecular weight excluding hydrogens is 176 g/mol. The first kappa shape index (κ1) is 10.4. The zero-order chi connectivity index (χ0) is 9.80. The molecule has 2 fully saturated rings. The maximum absolute atomic E-state index is 9.27. The van der Waals surface area contributed by atoms with Gasteiger partial charge in [0.2, 0.25) is 0 Å². The molecule has 2 unspecified atom stereocenters. The van der Waals surface area contributed by atoms with Crippen LogP contribution in [0.1, 0.15) is 32.1 Å². The van der Waals surface area contributed by atoms with Crippen molar-refractivity contribution in [3.63, 3.8) is 0 Å². The molecule has 0 aromatic heterocycles. The molecule has 14 heavy (non-hydrogen) atoms. The molecule has 2 heterocycles. The second kappa shape index (κ2) is 5.10. The van der Waals surface area contributed by atoms with Crippen LogP contribution in [0.15, 0.2) is 0 Å². The highest BCUT2D eigenvalue weighted by Gasteiger charge is 2.25. The molecule has 3 nitrogen and oxygen atoms in total. The van der Waals surface area contributed by atoms with E-state index >= 15 is 0 Å². The van der Waals surface area contributed by atoms with E-state index in [1.54, 1.807) is 0 Å². The van der Waals surface area contributed by atoms with Crippen molar-refractivity contribution in [1.82, 2.24) is 10.2 Å². The van der Waals surface area contributed by atoms with Gasteiger partial charge in [-0.3, -0.25) is 4.90 Å². The van der Waals surface area contributed by atoms with Crippen LogP contribution in [0.2, 0.25) is 0 Å². The van der Waals surface area contributed by atoms with E-state index in [2.05, 4.69) is 10.2 Å². The molecule has 0 aromatic rings. The first-order valence-corrected chi connectivity index (χ1v) is 5.98. The van der Waals surface area contributed by atoms with Crippen molar-refractivity contribution in [1.29, 1.82) is 0 Å². The lowest BCUT2D eigenvalue weighted by molar-refractivity contribution is 0.0832. The van der Waals surface area contributed by atoms with Gasteiger partial charge in [-0.2, -0.15) is 0 Å². The monoisotopic (exact) mass is 198 g/mol. The van der Waals surface area contributed by atoms with Gasteiger partial charge in [-0.05, 0) is 38.8 Å². The highest BCUT2D eigenvalue weighted by atomic mass is 16.3. The first-order valence-electron chi connectivity index (χ1n) is 5.98. The van der Waals surface area contributed by atoms with E-state index in [9.17, 15) is 5.11 Å². The van der Waals surface area contributed by atoms with Crippen LogP contribution in [0, 0.1) is 0 Å². The lowest BCUT2D eigenvalue weighted by Gasteiger charge is -2.36. The van der Waals surface area contributed by atoms with E-state index in [-0.39, 0.29) is 0 Å². The topological polar surface area (TPSA) is 35.5 Å². The maximum atomic E-state index is 9.27. The molecule has 2 saturated heterocycles. The molecular formula is C11H22N2O. The minimum absolute atomic E-state index is 0.340. The zero-order valence-corrected chi connectivity index (χ0v) is 8.91. The number of piperidine rings is 1. The maximum Gasteiger partial charge on any atom is 0.0586 e. The molecule has 0 amide bonds. The van der Waals surface area contributed by atoms with E-state index in [0.29, 0.717) is 18.7 Å². The summed E-state index contributed by atoms with van der Waals surface area (Å²) < 4.78 is 0. The van der Waals surface area contributed by atoms with Crippen molar-refractivity contribution in [2.45, 2.75) is 44.2 Å². The number of rotatable bonds is 3. The zero-order valence-electron chi connectivity index (χ0n) is 8.91. The van der Waals surface area contributed by atoms with E-state index in [4.69, 9.17) is 0 Å².